The van der Waals surface area contributed by atoms with Gasteiger partial charge in [-0.05, 0) is 102 Å². The van der Waals surface area contributed by atoms with Crippen molar-refractivity contribution in [3.05, 3.63) is 29.8 Å². The average molecular weight is 685 g/mol. The number of carbonyl (C=O) groups excluding carboxylic acids is 4. The van der Waals surface area contributed by atoms with Crippen molar-refractivity contribution in [3.63, 3.8) is 0 Å². The summed E-state index contributed by atoms with van der Waals surface area (Å²) in [6, 6.07) is 6.05. The summed E-state index contributed by atoms with van der Waals surface area (Å²) in [6.07, 6.45) is -7.38. The van der Waals surface area contributed by atoms with E-state index in [0.717, 1.165) is 5.56 Å². The first-order valence-electron chi connectivity index (χ1n) is 15.4. The van der Waals surface area contributed by atoms with Crippen LogP contribution in [0.1, 0.15) is 88.6 Å². The van der Waals surface area contributed by atoms with E-state index >= 15 is 0 Å². The molecule has 1 heterocycles. The fourth-order valence-electron chi connectivity index (χ4n) is 3.76. The molecule has 0 aliphatic carbocycles. The van der Waals surface area contributed by atoms with Crippen LogP contribution in [0.4, 0.5) is 0 Å². The average Bonchev–Trinajstić information content (AvgIpc) is 2.91. The van der Waals surface area contributed by atoms with Crippen molar-refractivity contribution in [2.24, 2.45) is 21.7 Å². The number of ether oxygens (including phenoxy) is 5. The molecule has 47 heavy (non-hydrogen) atoms. The van der Waals surface area contributed by atoms with Crippen LogP contribution in [0.25, 0.3) is 0 Å². The highest BCUT2D eigenvalue weighted by molar-refractivity contribution is 7.89. The summed E-state index contributed by atoms with van der Waals surface area (Å²) in [7, 11) is -4.20. The van der Waals surface area contributed by atoms with Gasteiger partial charge in [0.2, 0.25) is 0 Å². The van der Waals surface area contributed by atoms with Crippen LogP contribution in [0, 0.1) is 28.6 Å². The van der Waals surface area contributed by atoms with Crippen LogP contribution >= 0.6 is 0 Å². The lowest BCUT2D eigenvalue weighted by Gasteiger charge is -2.46. The quantitative estimate of drug-likeness (QED) is 0.218. The molecule has 5 atom stereocenters. The fraction of sp³-hybridized carbons (Fsp3) is 0.697. The standard InChI is InChI=1S/C33H52N2O11S/c1-19-14-16-20(17-15-19)47(40,41)35-34-25-24(46-29(39)33(11,12)13)23(45-28(38)32(8,9)10)22(44-27(37)31(5,6)7)21(43-25)18-42-26(36)30(2,3)4/h14-17,21-25,34-35H,18H2,1-13H3/t21-,22-,23+,24-,25-/m1/s1. The monoisotopic (exact) mass is 684 g/mol. The highest BCUT2D eigenvalue weighted by Gasteiger charge is 2.54. The van der Waals surface area contributed by atoms with Gasteiger partial charge in [0.1, 0.15) is 12.7 Å². The third-order valence-electron chi connectivity index (χ3n) is 6.86. The van der Waals surface area contributed by atoms with Crippen molar-refractivity contribution in [2.75, 3.05) is 6.61 Å². The molecule has 14 heteroatoms. The summed E-state index contributed by atoms with van der Waals surface area (Å²) in [4.78, 5) is 54.9. The predicted molar refractivity (Wildman–Crippen MR) is 172 cm³/mol. The smallest absolute Gasteiger partial charge is 0.311 e. The Kier molecular flexibility index (Phi) is 12.4. The van der Waals surface area contributed by atoms with Gasteiger partial charge < -0.3 is 23.7 Å². The van der Waals surface area contributed by atoms with Gasteiger partial charge in [-0.1, -0.05) is 17.7 Å². The van der Waals surface area contributed by atoms with E-state index in [2.05, 4.69) is 10.3 Å². The van der Waals surface area contributed by atoms with Gasteiger partial charge in [-0.3, -0.25) is 19.2 Å². The van der Waals surface area contributed by atoms with Gasteiger partial charge in [0.05, 0.1) is 26.6 Å². The lowest BCUT2D eigenvalue weighted by Crippen LogP contribution is -2.68. The molecular weight excluding hydrogens is 632 g/mol. The van der Waals surface area contributed by atoms with Crippen LogP contribution in [0.3, 0.4) is 0 Å². The first-order valence-corrected chi connectivity index (χ1v) is 16.9. The van der Waals surface area contributed by atoms with Gasteiger partial charge in [0.15, 0.2) is 24.5 Å². The Bertz CT molecular complexity index is 1400. The van der Waals surface area contributed by atoms with Crippen LogP contribution in [0.5, 0.6) is 0 Å². The Morgan fingerprint density at radius 2 is 1.06 bits per heavy atom. The number of nitrogens with one attached hydrogen (secondary N) is 2. The van der Waals surface area contributed by atoms with E-state index in [-0.39, 0.29) is 4.90 Å². The van der Waals surface area contributed by atoms with E-state index in [4.69, 9.17) is 23.7 Å². The maximum absolute atomic E-state index is 13.4. The number of benzene rings is 1. The first-order chi connectivity index (χ1) is 21.1. The molecule has 1 aliphatic heterocycles. The van der Waals surface area contributed by atoms with Crippen LogP contribution in [-0.2, 0) is 52.9 Å². The minimum Gasteiger partial charge on any atom is -0.462 e. The molecule has 1 saturated heterocycles. The van der Waals surface area contributed by atoms with E-state index in [0.29, 0.717) is 0 Å². The molecule has 0 radical (unpaired) electrons. The zero-order chi connectivity index (χ0) is 36.3. The van der Waals surface area contributed by atoms with Crippen LogP contribution in [-0.4, -0.2) is 69.5 Å². The van der Waals surface area contributed by atoms with E-state index < -0.39 is 92.8 Å². The van der Waals surface area contributed by atoms with Crippen molar-refractivity contribution in [1.82, 2.24) is 10.3 Å². The molecule has 13 nitrogen and oxygen atoms in total. The van der Waals surface area contributed by atoms with Crippen LogP contribution in [0.15, 0.2) is 29.2 Å². The maximum Gasteiger partial charge on any atom is 0.311 e. The Labute approximate surface area is 278 Å². The molecule has 1 aromatic carbocycles. The maximum atomic E-state index is 13.4. The molecule has 2 rings (SSSR count). The topological polar surface area (TPSA) is 173 Å². The molecule has 0 saturated carbocycles. The summed E-state index contributed by atoms with van der Waals surface area (Å²) >= 11 is 0. The van der Waals surface area contributed by atoms with Gasteiger partial charge in [-0.15, -0.1) is 4.83 Å². The number of hydrazine groups is 1. The minimum atomic E-state index is -4.20. The van der Waals surface area contributed by atoms with Crippen LogP contribution in [0.2, 0.25) is 0 Å². The summed E-state index contributed by atoms with van der Waals surface area (Å²) in [5.74, 6) is -2.78. The lowest BCUT2D eigenvalue weighted by atomic mass is 9.92. The van der Waals surface area contributed by atoms with Crippen molar-refractivity contribution in [1.29, 1.82) is 0 Å². The highest BCUT2D eigenvalue weighted by atomic mass is 32.2. The molecule has 0 bridgehead atoms. The molecule has 266 valence electrons. The summed E-state index contributed by atoms with van der Waals surface area (Å²) in [5.41, 5.74) is -0.635. The number of esters is 4. The van der Waals surface area contributed by atoms with Crippen molar-refractivity contribution in [2.45, 2.75) is 126 Å². The summed E-state index contributed by atoms with van der Waals surface area (Å²) in [5, 5.41) is 0. The second-order valence-corrected chi connectivity index (χ2v) is 17.5. The van der Waals surface area contributed by atoms with Crippen molar-refractivity contribution >= 4 is 33.9 Å². The number of hydrogen-bond donors (Lipinski definition) is 2. The Hall–Kier alpha value is -3.07. The number of rotatable bonds is 9. The number of carbonyl (C=O) groups is 4. The highest BCUT2D eigenvalue weighted by Crippen LogP contribution is 2.33. The van der Waals surface area contributed by atoms with Gasteiger partial charge in [-0.25, -0.2) is 13.8 Å². The molecule has 1 fully saturated rings. The minimum absolute atomic E-state index is 0.0713. The first kappa shape index (κ1) is 40.1. The third-order valence-corrected chi connectivity index (χ3v) is 8.14. The Morgan fingerprint density at radius 1 is 0.660 bits per heavy atom. The molecule has 1 aromatic rings. The second-order valence-electron chi connectivity index (χ2n) is 15.9. The number of sulfonamides is 1. The molecule has 1 aliphatic rings. The molecule has 0 aromatic heterocycles. The van der Waals surface area contributed by atoms with E-state index in [1.165, 1.54) is 12.1 Å². The van der Waals surface area contributed by atoms with Crippen molar-refractivity contribution < 1.29 is 51.3 Å². The zero-order valence-corrected chi connectivity index (χ0v) is 30.6. The normalized spacial score (nSPS) is 22.6. The Morgan fingerprint density at radius 3 is 1.49 bits per heavy atom. The molecule has 0 spiro atoms. The van der Waals surface area contributed by atoms with E-state index in [9.17, 15) is 27.6 Å². The van der Waals surface area contributed by atoms with Crippen LogP contribution < -0.4 is 10.3 Å². The molecule has 0 amide bonds. The molecular formula is C33H52N2O11S. The fourth-order valence-corrected chi connectivity index (χ4v) is 4.64. The van der Waals surface area contributed by atoms with Crippen molar-refractivity contribution in [3.8, 4) is 0 Å². The summed E-state index contributed by atoms with van der Waals surface area (Å²) in [6.45, 7) is 20.7. The van der Waals surface area contributed by atoms with Gasteiger partial charge in [-0.2, -0.15) is 0 Å². The van der Waals surface area contributed by atoms with E-state index in [1.807, 2.05) is 0 Å². The largest absolute Gasteiger partial charge is 0.462 e. The SMILES string of the molecule is Cc1ccc(S(=O)(=O)NN[C@@H]2O[C@H](COC(=O)C(C)(C)C)[C@@H](OC(=O)C(C)(C)C)[C@H](OC(=O)C(C)(C)C)[C@H]2OC(=O)C(C)(C)C)cc1. The zero-order valence-electron chi connectivity index (χ0n) is 29.8. The van der Waals surface area contributed by atoms with Gasteiger partial charge in [0, 0.05) is 0 Å². The number of aryl methyl sites for hydroxylation is 1. The predicted octanol–water partition coefficient (Wildman–Crippen LogP) is 3.97. The number of hydrogen-bond acceptors (Lipinski definition) is 12. The molecule has 2 N–H and O–H groups in total. The summed E-state index contributed by atoms with van der Waals surface area (Å²) < 4.78 is 55.9. The second kappa shape index (κ2) is 14.6. The van der Waals surface area contributed by atoms with Gasteiger partial charge >= 0.3 is 23.9 Å². The van der Waals surface area contributed by atoms with Gasteiger partial charge in [0.25, 0.3) is 10.0 Å². The lowest BCUT2D eigenvalue weighted by molar-refractivity contribution is -0.265. The third kappa shape index (κ3) is 11.3. The van der Waals surface area contributed by atoms with E-state index in [1.54, 1.807) is 102 Å². The molecule has 0 unspecified atom stereocenters. The Balaban J connectivity index is 2.70.